The zero-order valence-corrected chi connectivity index (χ0v) is 11.1. The van der Waals surface area contributed by atoms with E-state index in [4.69, 9.17) is 9.68 Å². The molecule has 0 aliphatic heterocycles. The van der Waals surface area contributed by atoms with Crippen LogP contribution in [0.5, 0.6) is 0 Å². The zero-order chi connectivity index (χ0) is 14.7. The average Bonchev–Trinajstić information content (AvgIpc) is 2.85. The molecule has 2 rings (SSSR count). The molecule has 0 amide bonds. The second-order valence-electron chi connectivity index (χ2n) is 4.42. The molecule has 20 heavy (non-hydrogen) atoms. The van der Waals surface area contributed by atoms with Crippen LogP contribution in [0.2, 0.25) is 0 Å². The van der Waals surface area contributed by atoms with Gasteiger partial charge >= 0.3 is 0 Å². The van der Waals surface area contributed by atoms with Crippen LogP contribution >= 0.6 is 0 Å². The van der Waals surface area contributed by atoms with Gasteiger partial charge in [0.15, 0.2) is 0 Å². The smallest absolute Gasteiger partial charge is 0.292 e. The van der Waals surface area contributed by atoms with Crippen molar-refractivity contribution in [2.24, 2.45) is 0 Å². The van der Waals surface area contributed by atoms with Crippen molar-refractivity contribution in [1.82, 2.24) is 0 Å². The molecule has 0 aliphatic rings. The Morgan fingerprint density at radius 3 is 2.70 bits per heavy atom. The molecule has 6 nitrogen and oxygen atoms in total. The molecule has 6 heteroatoms. The van der Waals surface area contributed by atoms with Crippen LogP contribution in [0.4, 0.5) is 11.4 Å². The lowest BCUT2D eigenvalue weighted by molar-refractivity contribution is -0.384. The molecular weight excluding hydrogens is 258 g/mol. The van der Waals surface area contributed by atoms with Crippen molar-refractivity contribution in [2.75, 3.05) is 5.32 Å². The molecule has 0 radical (unpaired) electrons. The predicted molar refractivity (Wildman–Crippen MR) is 73.3 cm³/mol. The van der Waals surface area contributed by atoms with Crippen molar-refractivity contribution in [3.8, 4) is 6.07 Å². The zero-order valence-electron chi connectivity index (χ0n) is 11.1. The third-order valence-electron chi connectivity index (χ3n) is 2.88. The van der Waals surface area contributed by atoms with E-state index in [1.54, 1.807) is 0 Å². The SMILES string of the molecule is Cc1ccc(C(C)Nc2cc(C#N)ccc2[N+](=O)[O-])o1. The predicted octanol–water partition coefficient (Wildman–Crippen LogP) is 3.54. The summed E-state index contributed by atoms with van der Waals surface area (Å²) in [6.07, 6.45) is 0. The van der Waals surface area contributed by atoms with Crippen molar-refractivity contribution in [2.45, 2.75) is 19.9 Å². The fraction of sp³-hybridized carbons (Fsp3) is 0.214. The van der Waals surface area contributed by atoms with Crippen LogP contribution in [-0.4, -0.2) is 4.92 Å². The van der Waals surface area contributed by atoms with Crippen LogP contribution in [0.25, 0.3) is 0 Å². The summed E-state index contributed by atoms with van der Waals surface area (Å²) in [6, 6.07) is 9.57. The number of rotatable bonds is 4. The van der Waals surface area contributed by atoms with Gasteiger partial charge in [0, 0.05) is 6.07 Å². The highest BCUT2D eigenvalue weighted by atomic mass is 16.6. The van der Waals surface area contributed by atoms with Gasteiger partial charge in [0.05, 0.1) is 22.6 Å². The van der Waals surface area contributed by atoms with Gasteiger partial charge in [-0.05, 0) is 38.1 Å². The van der Waals surface area contributed by atoms with E-state index in [2.05, 4.69) is 5.32 Å². The van der Waals surface area contributed by atoms with Gasteiger partial charge in [-0.2, -0.15) is 5.26 Å². The number of nitrogens with zero attached hydrogens (tertiary/aromatic N) is 2. The van der Waals surface area contributed by atoms with E-state index in [9.17, 15) is 10.1 Å². The molecule has 0 spiro atoms. The number of nitro benzene ring substituents is 1. The van der Waals surface area contributed by atoms with E-state index in [1.807, 2.05) is 32.0 Å². The molecule has 1 unspecified atom stereocenters. The second kappa shape index (κ2) is 5.45. The monoisotopic (exact) mass is 271 g/mol. The normalized spacial score (nSPS) is 11.7. The Balaban J connectivity index is 2.32. The molecule has 0 saturated heterocycles. The van der Waals surface area contributed by atoms with Crippen LogP contribution in [-0.2, 0) is 0 Å². The molecule has 102 valence electrons. The van der Waals surface area contributed by atoms with Crippen molar-refractivity contribution >= 4 is 11.4 Å². The molecule has 1 aromatic heterocycles. The van der Waals surface area contributed by atoms with Gasteiger partial charge in [-0.3, -0.25) is 10.1 Å². The van der Waals surface area contributed by atoms with E-state index in [0.717, 1.165) is 5.76 Å². The first-order valence-corrected chi connectivity index (χ1v) is 6.02. The largest absolute Gasteiger partial charge is 0.464 e. The summed E-state index contributed by atoms with van der Waals surface area (Å²) in [7, 11) is 0. The van der Waals surface area contributed by atoms with Gasteiger partial charge in [0.25, 0.3) is 5.69 Å². The maximum absolute atomic E-state index is 11.0. The number of nitriles is 1. The van der Waals surface area contributed by atoms with Crippen LogP contribution in [0, 0.1) is 28.4 Å². The highest BCUT2D eigenvalue weighted by Crippen LogP contribution is 2.29. The average molecular weight is 271 g/mol. The Kier molecular flexibility index (Phi) is 3.71. The van der Waals surface area contributed by atoms with Crippen LogP contribution in [0.3, 0.4) is 0 Å². The summed E-state index contributed by atoms with van der Waals surface area (Å²) in [5, 5.41) is 22.9. The molecule has 0 fully saturated rings. The van der Waals surface area contributed by atoms with Crippen LogP contribution in [0.15, 0.2) is 34.7 Å². The minimum Gasteiger partial charge on any atom is -0.464 e. The highest BCUT2D eigenvalue weighted by molar-refractivity contribution is 5.64. The molecule has 1 heterocycles. The summed E-state index contributed by atoms with van der Waals surface area (Å²) in [6.45, 7) is 3.66. The number of hydrogen-bond acceptors (Lipinski definition) is 5. The molecule has 0 aliphatic carbocycles. The van der Waals surface area contributed by atoms with Crippen molar-refractivity contribution in [3.63, 3.8) is 0 Å². The topological polar surface area (TPSA) is 92.1 Å². The first kappa shape index (κ1) is 13.6. The quantitative estimate of drug-likeness (QED) is 0.678. The number of hydrogen-bond donors (Lipinski definition) is 1. The molecule has 2 aromatic rings. The Morgan fingerprint density at radius 2 is 2.15 bits per heavy atom. The number of nitro groups is 1. The van der Waals surface area contributed by atoms with Gasteiger partial charge in [-0.25, -0.2) is 0 Å². The first-order chi connectivity index (χ1) is 9.51. The lowest BCUT2D eigenvalue weighted by atomic mass is 10.1. The van der Waals surface area contributed by atoms with Gasteiger partial charge in [-0.15, -0.1) is 0 Å². The number of benzene rings is 1. The fourth-order valence-electron chi connectivity index (χ4n) is 1.87. The maximum atomic E-state index is 11.0. The maximum Gasteiger partial charge on any atom is 0.292 e. The minimum absolute atomic E-state index is 0.0703. The van der Waals surface area contributed by atoms with Gasteiger partial charge in [0.2, 0.25) is 0 Å². The number of furan rings is 1. The summed E-state index contributed by atoms with van der Waals surface area (Å²) >= 11 is 0. The summed E-state index contributed by atoms with van der Waals surface area (Å²) in [5.41, 5.74) is 0.593. The van der Waals surface area contributed by atoms with Crippen molar-refractivity contribution < 1.29 is 9.34 Å². The minimum atomic E-state index is -0.483. The lowest BCUT2D eigenvalue weighted by Gasteiger charge is -2.13. The summed E-state index contributed by atoms with van der Waals surface area (Å²) < 4.78 is 5.48. The van der Waals surface area contributed by atoms with Crippen LogP contribution in [0.1, 0.15) is 30.0 Å². The lowest BCUT2D eigenvalue weighted by Crippen LogP contribution is -2.07. The Hall–Kier alpha value is -2.81. The van der Waals surface area contributed by atoms with Crippen molar-refractivity contribution in [1.29, 1.82) is 5.26 Å². The Bertz CT molecular complexity index is 685. The third kappa shape index (κ3) is 2.78. The summed E-state index contributed by atoms with van der Waals surface area (Å²) in [4.78, 5) is 10.5. The van der Waals surface area contributed by atoms with E-state index in [1.165, 1.54) is 18.2 Å². The molecule has 0 bridgehead atoms. The standard InChI is InChI=1S/C14H13N3O3/c1-9-3-6-14(20-9)10(2)16-12-7-11(8-15)4-5-13(12)17(18)19/h3-7,10,16H,1-2H3. The van der Waals surface area contributed by atoms with Gasteiger partial charge < -0.3 is 9.73 Å². The fourth-order valence-corrected chi connectivity index (χ4v) is 1.87. The van der Waals surface area contributed by atoms with E-state index >= 15 is 0 Å². The first-order valence-electron chi connectivity index (χ1n) is 6.02. The van der Waals surface area contributed by atoms with E-state index < -0.39 is 4.92 Å². The second-order valence-corrected chi connectivity index (χ2v) is 4.42. The Morgan fingerprint density at radius 1 is 1.40 bits per heavy atom. The number of anilines is 1. The number of nitrogens with one attached hydrogen (secondary N) is 1. The highest BCUT2D eigenvalue weighted by Gasteiger charge is 2.18. The van der Waals surface area contributed by atoms with Crippen molar-refractivity contribution in [3.05, 3.63) is 57.5 Å². The van der Waals surface area contributed by atoms with E-state index in [-0.39, 0.29) is 11.7 Å². The van der Waals surface area contributed by atoms with Crippen LogP contribution < -0.4 is 5.32 Å². The molecule has 1 aromatic carbocycles. The number of aryl methyl sites for hydroxylation is 1. The third-order valence-corrected chi connectivity index (χ3v) is 2.88. The van der Waals surface area contributed by atoms with E-state index in [0.29, 0.717) is 17.0 Å². The van der Waals surface area contributed by atoms with Gasteiger partial charge in [-0.1, -0.05) is 0 Å². The molecular formula is C14H13N3O3. The molecule has 0 saturated carbocycles. The molecule has 1 N–H and O–H groups in total. The van der Waals surface area contributed by atoms with Gasteiger partial charge in [0.1, 0.15) is 17.2 Å². The Labute approximate surface area is 115 Å². The molecule has 1 atom stereocenters. The summed E-state index contributed by atoms with van der Waals surface area (Å²) in [5.74, 6) is 1.45.